The number of anilines is 5. The molecule has 13 rings (SSSR count). The zero-order chi connectivity index (χ0) is 56.7. The third-order valence-corrected chi connectivity index (χ3v) is 23.8. The number of hydrogen-bond donors (Lipinski definition) is 0. The van der Waals surface area contributed by atoms with E-state index in [0.29, 0.717) is 0 Å². The predicted molar refractivity (Wildman–Crippen MR) is 338 cm³/mol. The van der Waals surface area contributed by atoms with Gasteiger partial charge in [-0.05, 0) is 240 Å². The predicted octanol–water partition coefficient (Wildman–Crippen LogP) is 19.2. The molecule has 1 fully saturated rings. The minimum Gasteiger partial charge on any atom is -0.475 e. The summed E-state index contributed by atoms with van der Waals surface area (Å²) in [6.07, 6.45) is 11.8. The van der Waals surface area contributed by atoms with Crippen molar-refractivity contribution in [3.63, 3.8) is 0 Å². The molecule has 0 bridgehead atoms. The molecular formula is C75H97BN2O. The van der Waals surface area contributed by atoms with E-state index in [-0.39, 0.29) is 72.9 Å². The fourth-order valence-corrected chi connectivity index (χ4v) is 17.6. The summed E-state index contributed by atoms with van der Waals surface area (Å²) in [6.45, 7) is 52.6. The standard InChI is InChI=1S/C75H97BN2O/c1-44-36-51-54(71(12,13)31-30-68(51,6)7)41-48(44)45-37-59-62-60(38-45)78(47-23-25-50-53(40-47)70(10,11)29-27-67(50,4)5)65-63(61-64(79-65)75(20,21)35-34-74(61,18)19)76(62)57-42-55-56(73(16,17)33-32-72(55,14)15)43-58(57)77(59)46-22-24-49-52(39-46)69(8,9)28-26-66(49,2)3/h22-25,36-43,61,64H,26-35H2,1-21H3. The third-order valence-electron chi connectivity index (χ3n) is 23.8. The van der Waals surface area contributed by atoms with Crippen LogP contribution in [0.3, 0.4) is 0 Å². The van der Waals surface area contributed by atoms with Gasteiger partial charge in [0.2, 0.25) is 0 Å². The molecular weight excluding hydrogens is 956 g/mol. The summed E-state index contributed by atoms with van der Waals surface area (Å²) in [6, 6.07) is 31.4. The molecule has 8 aliphatic rings. The molecule has 3 heterocycles. The van der Waals surface area contributed by atoms with Crippen molar-refractivity contribution in [3.8, 4) is 11.1 Å². The Labute approximate surface area is 479 Å². The van der Waals surface area contributed by atoms with Gasteiger partial charge in [-0.2, -0.15) is 0 Å². The SMILES string of the molecule is Cc1cc2c(cc1-c1cc3c4c(c1)N(c1ccc5c(c1)C(C)(C)CCC5(C)C)c1cc5c(cc1B4C1=C(OC4C1C(C)(C)CCC4(C)C)N3c1ccc3c(c1)C(C)(C)CCC3(C)C)C(C)(C)CCC5(C)C)C(C)(C)CCC2(C)C. The Bertz CT molecular complexity index is 3490. The first kappa shape index (κ1) is 53.6. The largest absolute Gasteiger partial charge is 0.475 e. The van der Waals surface area contributed by atoms with Gasteiger partial charge in [-0.3, -0.25) is 4.90 Å². The maximum absolute atomic E-state index is 8.08. The second kappa shape index (κ2) is 16.3. The Kier molecular flexibility index (Phi) is 11.1. The molecule has 5 aliphatic carbocycles. The molecule has 3 nitrogen and oxygen atoms in total. The Balaban J connectivity index is 1.20. The van der Waals surface area contributed by atoms with Crippen molar-refractivity contribution in [1.82, 2.24) is 0 Å². The van der Waals surface area contributed by atoms with Crippen molar-refractivity contribution < 1.29 is 4.74 Å². The minimum atomic E-state index is -0.0127. The number of benzene rings is 5. The van der Waals surface area contributed by atoms with E-state index < -0.39 is 0 Å². The topological polar surface area (TPSA) is 15.7 Å². The van der Waals surface area contributed by atoms with Gasteiger partial charge >= 0.3 is 0 Å². The fourth-order valence-electron chi connectivity index (χ4n) is 17.6. The fraction of sp³-hybridized carbons (Fsp3) is 0.573. The normalized spacial score (nSPS) is 26.5. The van der Waals surface area contributed by atoms with Gasteiger partial charge in [0.1, 0.15) is 6.10 Å². The van der Waals surface area contributed by atoms with Crippen LogP contribution in [-0.4, -0.2) is 12.8 Å². The Hall–Kier alpha value is -4.70. The number of hydrogen-bond acceptors (Lipinski definition) is 3. The highest BCUT2D eigenvalue weighted by Gasteiger charge is 2.62. The van der Waals surface area contributed by atoms with Crippen LogP contribution >= 0.6 is 0 Å². The van der Waals surface area contributed by atoms with Gasteiger partial charge in [0.25, 0.3) is 6.71 Å². The lowest BCUT2D eigenvalue weighted by molar-refractivity contribution is -0.0655. The highest BCUT2D eigenvalue weighted by Crippen LogP contribution is 2.63. The Morgan fingerprint density at radius 3 is 1.28 bits per heavy atom. The summed E-state index contributed by atoms with van der Waals surface area (Å²) in [7, 11) is 0. The highest BCUT2D eigenvalue weighted by molar-refractivity contribution is 6.95. The second-order valence-corrected chi connectivity index (χ2v) is 34.0. The van der Waals surface area contributed by atoms with Crippen molar-refractivity contribution in [2.75, 3.05) is 9.80 Å². The monoisotopic (exact) mass is 1050 g/mol. The summed E-state index contributed by atoms with van der Waals surface area (Å²) in [5, 5.41) is 0. The summed E-state index contributed by atoms with van der Waals surface area (Å²) >= 11 is 0. The molecule has 1 saturated carbocycles. The molecule has 0 spiro atoms. The van der Waals surface area contributed by atoms with E-state index >= 15 is 0 Å². The lowest BCUT2D eigenvalue weighted by atomic mass is 9.29. The van der Waals surface area contributed by atoms with Crippen LogP contribution in [0, 0.1) is 23.7 Å². The van der Waals surface area contributed by atoms with Crippen molar-refractivity contribution in [2.24, 2.45) is 16.7 Å². The summed E-state index contributed by atoms with van der Waals surface area (Å²) < 4.78 is 8.08. The van der Waals surface area contributed by atoms with Gasteiger partial charge in [-0.15, -0.1) is 0 Å². The quantitative estimate of drug-likeness (QED) is 0.168. The van der Waals surface area contributed by atoms with E-state index in [1.807, 2.05) is 0 Å². The van der Waals surface area contributed by atoms with Crippen LogP contribution in [0.25, 0.3) is 11.1 Å². The summed E-state index contributed by atoms with van der Waals surface area (Å²) in [5.41, 5.74) is 27.6. The first-order chi connectivity index (χ1) is 36.5. The van der Waals surface area contributed by atoms with E-state index in [9.17, 15) is 0 Å². The van der Waals surface area contributed by atoms with Crippen molar-refractivity contribution in [1.29, 1.82) is 0 Å². The first-order valence-corrected chi connectivity index (χ1v) is 31.3. The molecule has 0 amide bonds. The Morgan fingerprint density at radius 1 is 0.392 bits per heavy atom. The average Bonchev–Trinajstić information content (AvgIpc) is 2.53. The van der Waals surface area contributed by atoms with Crippen LogP contribution in [-0.2, 0) is 48.1 Å². The zero-order valence-electron chi connectivity index (χ0n) is 53.0. The highest BCUT2D eigenvalue weighted by atomic mass is 16.5. The number of fused-ring (bicyclic) bond motifs is 9. The van der Waals surface area contributed by atoms with Crippen LogP contribution in [0.5, 0.6) is 0 Å². The molecule has 0 radical (unpaired) electrons. The lowest BCUT2D eigenvalue weighted by Gasteiger charge is -2.50. The molecule has 4 heteroatoms. The number of rotatable bonds is 3. The molecule has 79 heavy (non-hydrogen) atoms. The number of nitrogens with zero attached hydrogens (tertiary/aromatic N) is 2. The summed E-state index contributed by atoms with van der Waals surface area (Å²) in [4.78, 5) is 5.50. The van der Waals surface area contributed by atoms with Gasteiger partial charge < -0.3 is 9.64 Å². The second-order valence-electron chi connectivity index (χ2n) is 34.0. The number of ether oxygens (including phenoxy) is 1. The van der Waals surface area contributed by atoms with Crippen LogP contribution in [0.4, 0.5) is 28.4 Å². The van der Waals surface area contributed by atoms with Gasteiger partial charge in [0.05, 0.1) is 0 Å². The van der Waals surface area contributed by atoms with Gasteiger partial charge in [-0.25, -0.2) is 0 Å². The lowest BCUT2D eigenvalue weighted by Crippen LogP contribution is -2.59. The van der Waals surface area contributed by atoms with E-state index in [2.05, 4.69) is 228 Å². The van der Waals surface area contributed by atoms with Crippen molar-refractivity contribution >= 4 is 46.1 Å². The Morgan fingerprint density at radius 2 is 0.785 bits per heavy atom. The van der Waals surface area contributed by atoms with Crippen LogP contribution in [0.15, 0.2) is 84.2 Å². The van der Waals surface area contributed by atoms with Crippen molar-refractivity contribution in [2.45, 2.75) is 259 Å². The van der Waals surface area contributed by atoms with Crippen LogP contribution in [0.2, 0.25) is 0 Å². The van der Waals surface area contributed by atoms with E-state index in [1.54, 1.807) is 0 Å². The van der Waals surface area contributed by atoms with Gasteiger partial charge in [-0.1, -0.05) is 169 Å². The van der Waals surface area contributed by atoms with Crippen LogP contribution in [0.1, 0.15) is 253 Å². The molecule has 2 unspecified atom stereocenters. The molecule has 416 valence electrons. The summed E-state index contributed by atoms with van der Waals surface area (Å²) in [5.74, 6) is 1.33. The maximum Gasteiger partial charge on any atom is 0.252 e. The zero-order valence-corrected chi connectivity index (χ0v) is 53.0. The van der Waals surface area contributed by atoms with Gasteiger partial charge in [0, 0.05) is 39.8 Å². The van der Waals surface area contributed by atoms with Crippen molar-refractivity contribution in [3.05, 3.63) is 134 Å². The third kappa shape index (κ3) is 7.68. The number of aryl methyl sites for hydroxylation is 1. The molecule has 0 N–H and O–H groups in total. The molecule has 0 saturated heterocycles. The van der Waals surface area contributed by atoms with E-state index in [4.69, 9.17) is 4.74 Å². The van der Waals surface area contributed by atoms with Gasteiger partial charge in [0.15, 0.2) is 5.88 Å². The van der Waals surface area contributed by atoms with E-state index in [0.717, 1.165) is 12.3 Å². The first-order valence-electron chi connectivity index (χ1n) is 31.3. The maximum atomic E-state index is 8.08. The van der Waals surface area contributed by atoms with E-state index in [1.165, 1.54) is 164 Å². The molecule has 0 aromatic heterocycles. The molecule has 5 aromatic rings. The molecule has 2 atom stereocenters. The minimum absolute atomic E-state index is 0.0104. The van der Waals surface area contributed by atoms with Crippen LogP contribution < -0.4 is 20.7 Å². The molecule has 5 aromatic carbocycles. The average molecular weight is 1050 g/mol. The molecule has 3 aliphatic heterocycles. The smallest absolute Gasteiger partial charge is 0.252 e.